The smallest absolute Gasteiger partial charge is 0.237 e. The summed E-state index contributed by atoms with van der Waals surface area (Å²) in [6, 6.07) is 0.00600. The minimum Gasteiger partial charge on any atom is -0.376 e. The lowest BCUT2D eigenvalue weighted by Gasteiger charge is -2.40. The molecule has 2 fully saturated rings. The van der Waals surface area contributed by atoms with Gasteiger partial charge >= 0.3 is 0 Å². The van der Waals surface area contributed by atoms with Gasteiger partial charge in [0.25, 0.3) is 0 Å². The van der Waals surface area contributed by atoms with Crippen LogP contribution in [0.5, 0.6) is 0 Å². The molecule has 2 aliphatic rings. The van der Waals surface area contributed by atoms with Crippen molar-refractivity contribution >= 4 is 5.91 Å². The highest BCUT2D eigenvalue weighted by molar-refractivity contribution is 5.81. The van der Waals surface area contributed by atoms with Crippen LogP contribution in [0.25, 0.3) is 0 Å². The lowest BCUT2D eigenvalue weighted by atomic mass is 9.80. The molecule has 98 valence electrons. The third kappa shape index (κ3) is 3.19. The van der Waals surface area contributed by atoms with Crippen LogP contribution in [0.3, 0.4) is 0 Å². The molecule has 1 atom stereocenters. The summed E-state index contributed by atoms with van der Waals surface area (Å²) in [5.74, 6) is 0.148. The standard InChI is InChI=1S/C13H24N2O2/c1-17-13(7-5-8-13)10-15-12(16)11-6-3-2-4-9-14-11/h11,14H,2-10H2,1H3,(H,15,16). The molecule has 0 aromatic rings. The number of methoxy groups -OCH3 is 1. The van der Waals surface area contributed by atoms with Gasteiger partial charge in [0.1, 0.15) is 0 Å². The summed E-state index contributed by atoms with van der Waals surface area (Å²) in [5, 5.41) is 6.37. The normalized spacial score (nSPS) is 27.9. The van der Waals surface area contributed by atoms with E-state index in [2.05, 4.69) is 10.6 Å². The first-order valence-electron chi connectivity index (χ1n) is 6.82. The van der Waals surface area contributed by atoms with Crippen LogP contribution in [0.1, 0.15) is 44.9 Å². The summed E-state index contributed by atoms with van der Waals surface area (Å²) in [7, 11) is 1.75. The van der Waals surface area contributed by atoms with E-state index in [1.165, 1.54) is 19.3 Å². The minimum atomic E-state index is -0.0691. The molecular weight excluding hydrogens is 216 g/mol. The molecule has 0 spiro atoms. The van der Waals surface area contributed by atoms with E-state index in [0.717, 1.165) is 32.2 Å². The molecule has 1 saturated heterocycles. The average molecular weight is 240 g/mol. The number of carbonyl (C=O) groups excluding carboxylic acids is 1. The van der Waals surface area contributed by atoms with Crippen LogP contribution >= 0.6 is 0 Å². The predicted molar refractivity (Wildman–Crippen MR) is 66.9 cm³/mol. The number of hydrogen-bond donors (Lipinski definition) is 2. The van der Waals surface area contributed by atoms with Crippen LogP contribution in [0.15, 0.2) is 0 Å². The van der Waals surface area contributed by atoms with Crippen LogP contribution in [0, 0.1) is 0 Å². The third-order valence-corrected chi connectivity index (χ3v) is 4.16. The molecule has 0 aromatic heterocycles. The summed E-state index contributed by atoms with van der Waals surface area (Å²) in [4.78, 5) is 12.0. The second kappa shape index (κ2) is 5.83. The third-order valence-electron chi connectivity index (χ3n) is 4.16. The molecule has 2 rings (SSSR count). The van der Waals surface area contributed by atoms with Crippen molar-refractivity contribution in [2.45, 2.75) is 56.6 Å². The van der Waals surface area contributed by atoms with E-state index in [9.17, 15) is 4.79 Å². The van der Waals surface area contributed by atoms with E-state index < -0.39 is 0 Å². The largest absolute Gasteiger partial charge is 0.376 e. The topological polar surface area (TPSA) is 50.4 Å². The highest BCUT2D eigenvalue weighted by atomic mass is 16.5. The molecular formula is C13H24N2O2. The van der Waals surface area contributed by atoms with Crippen molar-refractivity contribution in [3.8, 4) is 0 Å². The van der Waals surface area contributed by atoms with Gasteiger partial charge in [-0.25, -0.2) is 0 Å². The van der Waals surface area contributed by atoms with Gasteiger partial charge in [-0.3, -0.25) is 4.79 Å². The van der Waals surface area contributed by atoms with Crippen molar-refractivity contribution in [3.05, 3.63) is 0 Å². The molecule has 0 bridgehead atoms. The highest BCUT2D eigenvalue weighted by Crippen LogP contribution is 2.34. The molecule has 2 N–H and O–H groups in total. The summed E-state index contributed by atoms with van der Waals surface area (Å²) < 4.78 is 5.50. The maximum atomic E-state index is 12.0. The molecule has 4 nitrogen and oxygen atoms in total. The lowest BCUT2D eigenvalue weighted by molar-refractivity contribution is -0.127. The second-order valence-corrected chi connectivity index (χ2v) is 5.31. The van der Waals surface area contributed by atoms with Crippen LogP contribution in [0.2, 0.25) is 0 Å². The number of hydrogen-bond acceptors (Lipinski definition) is 3. The van der Waals surface area contributed by atoms with E-state index in [0.29, 0.717) is 6.54 Å². The molecule has 0 aromatic carbocycles. The lowest BCUT2D eigenvalue weighted by Crippen LogP contribution is -2.53. The van der Waals surface area contributed by atoms with Gasteiger partial charge in [-0.05, 0) is 38.6 Å². The molecule has 1 aliphatic heterocycles. The molecule has 17 heavy (non-hydrogen) atoms. The Labute approximate surface area is 103 Å². The molecule has 1 saturated carbocycles. The number of rotatable bonds is 4. The van der Waals surface area contributed by atoms with Crippen molar-refractivity contribution in [2.24, 2.45) is 0 Å². The summed E-state index contributed by atoms with van der Waals surface area (Å²) in [6.45, 7) is 1.63. The van der Waals surface area contributed by atoms with Gasteiger partial charge in [0.15, 0.2) is 0 Å². The SMILES string of the molecule is COC1(CNC(=O)C2CCCCCN2)CCC1. The van der Waals surface area contributed by atoms with Crippen LogP contribution in [-0.4, -0.2) is 37.7 Å². The zero-order valence-corrected chi connectivity index (χ0v) is 10.8. The van der Waals surface area contributed by atoms with E-state index in [1.54, 1.807) is 7.11 Å². The van der Waals surface area contributed by atoms with Crippen molar-refractivity contribution in [2.75, 3.05) is 20.2 Å². The van der Waals surface area contributed by atoms with E-state index >= 15 is 0 Å². The number of carbonyl (C=O) groups is 1. The zero-order chi connectivity index (χ0) is 12.1. The minimum absolute atomic E-state index is 0.00600. The fourth-order valence-electron chi connectivity index (χ4n) is 2.65. The second-order valence-electron chi connectivity index (χ2n) is 5.31. The Morgan fingerprint density at radius 3 is 2.82 bits per heavy atom. The predicted octanol–water partition coefficient (Wildman–Crippen LogP) is 1.20. The summed E-state index contributed by atoms with van der Waals surface area (Å²) in [5.41, 5.74) is -0.0691. The van der Waals surface area contributed by atoms with E-state index in [4.69, 9.17) is 4.74 Å². The Balaban J connectivity index is 1.75. The molecule has 1 heterocycles. The van der Waals surface area contributed by atoms with E-state index in [1.807, 2.05) is 0 Å². The fourth-order valence-corrected chi connectivity index (χ4v) is 2.65. The van der Waals surface area contributed by atoms with Crippen molar-refractivity contribution < 1.29 is 9.53 Å². The van der Waals surface area contributed by atoms with Crippen LogP contribution in [0.4, 0.5) is 0 Å². The fraction of sp³-hybridized carbons (Fsp3) is 0.923. The molecule has 0 radical (unpaired) electrons. The molecule has 1 aliphatic carbocycles. The molecule has 1 amide bonds. The van der Waals surface area contributed by atoms with Gasteiger partial charge in [0.05, 0.1) is 11.6 Å². The summed E-state index contributed by atoms with van der Waals surface area (Å²) in [6.07, 6.45) is 7.89. The van der Waals surface area contributed by atoms with Crippen molar-refractivity contribution in [3.63, 3.8) is 0 Å². The van der Waals surface area contributed by atoms with Crippen molar-refractivity contribution in [1.29, 1.82) is 0 Å². The number of ether oxygens (including phenoxy) is 1. The summed E-state index contributed by atoms with van der Waals surface area (Å²) >= 11 is 0. The van der Waals surface area contributed by atoms with Crippen LogP contribution in [-0.2, 0) is 9.53 Å². The number of amides is 1. The monoisotopic (exact) mass is 240 g/mol. The Kier molecular flexibility index (Phi) is 4.40. The zero-order valence-electron chi connectivity index (χ0n) is 10.8. The average Bonchev–Trinajstić information content (AvgIpc) is 2.56. The first-order chi connectivity index (χ1) is 8.26. The Bertz CT molecular complexity index is 251. The van der Waals surface area contributed by atoms with Gasteiger partial charge in [-0.2, -0.15) is 0 Å². The number of nitrogens with one attached hydrogen (secondary N) is 2. The van der Waals surface area contributed by atoms with E-state index in [-0.39, 0.29) is 17.6 Å². The van der Waals surface area contributed by atoms with Gasteiger partial charge in [0, 0.05) is 13.7 Å². The molecule has 1 unspecified atom stereocenters. The van der Waals surface area contributed by atoms with Gasteiger partial charge in [0.2, 0.25) is 5.91 Å². The highest BCUT2D eigenvalue weighted by Gasteiger charge is 2.37. The molecule has 4 heteroatoms. The van der Waals surface area contributed by atoms with Gasteiger partial charge in [-0.1, -0.05) is 12.8 Å². The first kappa shape index (κ1) is 12.8. The Hall–Kier alpha value is -0.610. The van der Waals surface area contributed by atoms with Crippen molar-refractivity contribution in [1.82, 2.24) is 10.6 Å². The Morgan fingerprint density at radius 1 is 1.35 bits per heavy atom. The van der Waals surface area contributed by atoms with Gasteiger partial charge < -0.3 is 15.4 Å². The Morgan fingerprint density at radius 2 is 2.18 bits per heavy atom. The first-order valence-corrected chi connectivity index (χ1v) is 6.82. The maximum absolute atomic E-state index is 12.0. The van der Waals surface area contributed by atoms with Gasteiger partial charge in [-0.15, -0.1) is 0 Å². The maximum Gasteiger partial charge on any atom is 0.237 e. The quantitative estimate of drug-likeness (QED) is 0.776. The van der Waals surface area contributed by atoms with Crippen LogP contribution < -0.4 is 10.6 Å².